The molecule has 1 aliphatic rings. The standard InChI is InChI=1S/C23H29ClN2O3S/c1-12-10-15(24)7-9-17(12)29-13(2)21(28)26-22-19(20(25)27)16-8-6-14(23(3,4)5)11-18(16)30-22/h7,9-10,13-14H,6,8,11H2,1-5H3,(H2,25,27)(H,26,28). The van der Waals surface area contributed by atoms with Crippen molar-refractivity contribution in [3.63, 3.8) is 0 Å². The third-order valence-corrected chi connectivity index (χ3v) is 7.19. The van der Waals surface area contributed by atoms with E-state index in [1.807, 2.05) is 6.92 Å². The Kier molecular flexibility index (Phi) is 6.48. The van der Waals surface area contributed by atoms with Gasteiger partial charge >= 0.3 is 0 Å². The minimum Gasteiger partial charge on any atom is -0.481 e. The van der Waals surface area contributed by atoms with Crippen LogP contribution < -0.4 is 15.8 Å². The van der Waals surface area contributed by atoms with E-state index in [1.165, 1.54) is 11.3 Å². The van der Waals surface area contributed by atoms with Crippen molar-refractivity contribution in [3.8, 4) is 5.75 Å². The van der Waals surface area contributed by atoms with E-state index in [9.17, 15) is 9.59 Å². The van der Waals surface area contributed by atoms with E-state index in [0.717, 1.165) is 35.3 Å². The monoisotopic (exact) mass is 448 g/mol. The molecule has 2 aromatic rings. The van der Waals surface area contributed by atoms with Gasteiger partial charge in [0.1, 0.15) is 10.8 Å². The minimum atomic E-state index is -0.743. The second kappa shape index (κ2) is 8.60. The molecule has 2 amide bonds. The molecular formula is C23H29ClN2O3S. The van der Waals surface area contributed by atoms with Crippen LogP contribution in [0.15, 0.2) is 18.2 Å². The molecule has 1 aromatic heterocycles. The summed E-state index contributed by atoms with van der Waals surface area (Å²) in [7, 11) is 0. The van der Waals surface area contributed by atoms with Crippen LogP contribution in [0.3, 0.4) is 0 Å². The molecule has 7 heteroatoms. The van der Waals surface area contributed by atoms with Crippen molar-refractivity contribution in [1.82, 2.24) is 0 Å². The maximum Gasteiger partial charge on any atom is 0.265 e. The summed E-state index contributed by atoms with van der Waals surface area (Å²) < 4.78 is 5.82. The van der Waals surface area contributed by atoms with Crippen LogP contribution in [0.5, 0.6) is 5.75 Å². The Morgan fingerprint density at radius 3 is 2.63 bits per heavy atom. The number of thiophene rings is 1. The van der Waals surface area contributed by atoms with Crippen LogP contribution in [0.4, 0.5) is 5.00 Å². The van der Waals surface area contributed by atoms with Crippen LogP contribution in [0.2, 0.25) is 5.02 Å². The Balaban J connectivity index is 1.79. The van der Waals surface area contributed by atoms with Crippen LogP contribution in [-0.4, -0.2) is 17.9 Å². The normalized spacial score (nSPS) is 17.2. The molecule has 1 aliphatic carbocycles. The summed E-state index contributed by atoms with van der Waals surface area (Å²) in [6, 6.07) is 5.25. The first kappa shape index (κ1) is 22.6. The zero-order chi connectivity index (χ0) is 22.2. The molecule has 1 aromatic carbocycles. The van der Waals surface area contributed by atoms with Gasteiger partial charge in [-0.2, -0.15) is 0 Å². The number of primary amides is 1. The molecule has 5 nitrogen and oxygen atoms in total. The maximum absolute atomic E-state index is 12.8. The molecule has 2 unspecified atom stereocenters. The Morgan fingerprint density at radius 1 is 1.33 bits per heavy atom. The molecule has 0 saturated heterocycles. The van der Waals surface area contributed by atoms with E-state index in [4.69, 9.17) is 22.1 Å². The lowest BCUT2D eigenvalue weighted by molar-refractivity contribution is -0.122. The lowest BCUT2D eigenvalue weighted by Gasteiger charge is -2.33. The third-order valence-electron chi connectivity index (χ3n) is 5.78. The summed E-state index contributed by atoms with van der Waals surface area (Å²) in [5, 5.41) is 4.02. The van der Waals surface area contributed by atoms with Crippen molar-refractivity contribution in [2.45, 2.75) is 60.0 Å². The number of fused-ring (bicyclic) bond motifs is 1. The van der Waals surface area contributed by atoms with Gasteiger partial charge in [0, 0.05) is 9.90 Å². The summed E-state index contributed by atoms with van der Waals surface area (Å²) in [4.78, 5) is 26.1. The zero-order valence-corrected chi connectivity index (χ0v) is 19.7. The SMILES string of the molecule is Cc1cc(Cl)ccc1OC(C)C(=O)Nc1sc2c(c1C(N)=O)CCC(C(C)(C)C)C2. The van der Waals surface area contributed by atoms with Crippen molar-refractivity contribution in [3.05, 3.63) is 44.8 Å². The first-order chi connectivity index (χ1) is 14.0. The highest BCUT2D eigenvalue weighted by atomic mass is 35.5. The highest BCUT2D eigenvalue weighted by Crippen LogP contribution is 2.44. The summed E-state index contributed by atoms with van der Waals surface area (Å²) in [5.41, 5.74) is 8.16. The lowest BCUT2D eigenvalue weighted by atomic mass is 9.72. The number of amides is 2. The molecule has 0 spiro atoms. The molecule has 0 aliphatic heterocycles. The molecule has 30 heavy (non-hydrogen) atoms. The number of carbonyl (C=O) groups excluding carboxylic acids is 2. The van der Waals surface area contributed by atoms with Gasteiger partial charge in [0.2, 0.25) is 0 Å². The molecular weight excluding hydrogens is 420 g/mol. The van der Waals surface area contributed by atoms with Crippen molar-refractivity contribution in [2.24, 2.45) is 17.1 Å². The number of rotatable bonds is 5. The van der Waals surface area contributed by atoms with E-state index in [2.05, 4.69) is 26.1 Å². The fourth-order valence-electron chi connectivity index (χ4n) is 3.88. The third kappa shape index (κ3) is 4.81. The second-order valence-corrected chi connectivity index (χ2v) is 10.6. The van der Waals surface area contributed by atoms with Gasteiger partial charge < -0.3 is 15.8 Å². The predicted molar refractivity (Wildman–Crippen MR) is 123 cm³/mol. The lowest BCUT2D eigenvalue weighted by Crippen LogP contribution is -2.31. The number of halogens is 1. The summed E-state index contributed by atoms with van der Waals surface area (Å²) in [6.45, 7) is 10.3. The Hall–Kier alpha value is -2.05. The van der Waals surface area contributed by atoms with Crippen molar-refractivity contribution in [2.75, 3.05) is 5.32 Å². The van der Waals surface area contributed by atoms with E-state index >= 15 is 0 Å². The predicted octanol–water partition coefficient (Wildman–Crippen LogP) is 5.37. The quantitative estimate of drug-likeness (QED) is 0.645. The smallest absolute Gasteiger partial charge is 0.265 e. The van der Waals surface area contributed by atoms with Gasteiger partial charge in [-0.05, 0) is 73.8 Å². The van der Waals surface area contributed by atoms with E-state index in [0.29, 0.717) is 27.3 Å². The van der Waals surface area contributed by atoms with Crippen LogP contribution in [-0.2, 0) is 17.6 Å². The van der Waals surface area contributed by atoms with Crippen LogP contribution in [0.1, 0.15) is 60.5 Å². The van der Waals surface area contributed by atoms with E-state index in [1.54, 1.807) is 25.1 Å². The molecule has 0 fully saturated rings. The molecule has 2 atom stereocenters. The molecule has 3 rings (SSSR count). The molecule has 3 N–H and O–H groups in total. The Labute approximate surface area is 186 Å². The van der Waals surface area contributed by atoms with Crippen molar-refractivity contribution < 1.29 is 14.3 Å². The number of carbonyl (C=O) groups is 2. The first-order valence-corrected chi connectivity index (χ1v) is 11.3. The average molecular weight is 449 g/mol. The number of nitrogens with two attached hydrogens (primary N) is 1. The fourth-order valence-corrected chi connectivity index (χ4v) is 5.44. The number of hydrogen-bond acceptors (Lipinski definition) is 4. The van der Waals surface area contributed by atoms with E-state index in [-0.39, 0.29) is 11.3 Å². The summed E-state index contributed by atoms with van der Waals surface area (Å²) in [5.74, 6) is 0.302. The highest BCUT2D eigenvalue weighted by molar-refractivity contribution is 7.17. The van der Waals surface area contributed by atoms with Crippen LogP contribution >= 0.6 is 22.9 Å². The number of ether oxygens (including phenoxy) is 1. The van der Waals surface area contributed by atoms with Gasteiger partial charge in [0.15, 0.2) is 6.10 Å². The largest absolute Gasteiger partial charge is 0.481 e. The van der Waals surface area contributed by atoms with Crippen LogP contribution in [0.25, 0.3) is 0 Å². The number of anilines is 1. The van der Waals surface area contributed by atoms with Gasteiger partial charge in [-0.1, -0.05) is 32.4 Å². The Morgan fingerprint density at radius 2 is 2.03 bits per heavy atom. The van der Waals surface area contributed by atoms with Crippen LogP contribution in [0, 0.1) is 18.3 Å². The second-order valence-electron chi connectivity index (χ2n) is 9.04. The maximum atomic E-state index is 12.8. The summed E-state index contributed by atoms with van der Waals surface area (Å²) in [6.07, 6.45) is 1.97. The molecule has 0 saturated carbocycles. The van der Waals surface area contributed by atoms with Gasteiger partial charge in [-0.25, -0.2) is 0 Å². The zero-order valence-electron chi connectivity index (χ0n) is 18.1. The number of benzene rings is 1. The first-order valence-electron chi connectivity index (χ1n) is 10.2. The van der Waals surface area contributed by atoms with E-state index < -0.39 is 12.0 Å². The van der Waals surface area contributed by atoms with Gasteiger partial charge in [0.05, 0.1) is 5.56 Å². The highest BCUT2D eigenvalue weighted by Gasteiger charge is 2.34. The minimum absolute atomic E-state index is 0.191. The molecule has 0 radical (unpaired) electrons. The number of hydrogen-bond donors (Lipinski definition) is 2. The Bertz CT molecular complexity index is 978. The van der Waals surface area contributed by atoms with Gasteiger partial charge in [0.25, 0.3) is 11.8 Å². The molecule has 0 bridgehead atoms. The average Bonchev–Trinajstić information content (AvgIpc) is 3.00. The number of aryl methyl sites for hydroxylation is 1. The van der Waals surface area contributed by atoms with Crippen molar-refractivity contribution >= 4 is 39.8 Å². The van der Waals surface area contributed by atoms with Gasteiger partial charge in [-0.3, -0.25) is 9.59 Å². The fraction of sp³-hybridized carbons (Fsp3) is 0.478. The number of nitrogens with one attached hydrogen (secondary N) is 1. The van der Waals surface area contributed by atoms with Gasteiger partial charge in [-0.15, -0.1) is 11.3 Å². The van der Waals surface area contributed by atoms with Crippen molar-refractivity contribution in [1.29, 1.82) is 0 Å². The summed E-state index contributed by atoms with van der Waals surface area (Å²) >= 11 is 7.44. The topological polar surface area (TPSA) is 81.4 Å². The molecule has 162 valence electrons. The molecule has 1 heterocycles.